The average molecular weight is 364 g/mol. The minimum absolute atomic E-state index is 0.0876. The molecule has 2 aromatic carbocycles. The van der Waals surface area contributed by atoms with Crippen LogP contribution in [-0.4, -0.2) is 37.1 Å². The molecule has 0 aliphatic carbocycles. The lowest BCUT2D eigenvalue weighted by molar-refractivity contribution is 0.102. The first-order chi connectivity index (χ1) is 12.8. The van der Waals surface area contributed by atoms with Gasteiger partial charge in [0.2, 0.25) is 0 Å². The van der Waals surface area contributed by atoms with E-state index in [9.17, 15) is 4.79 Å². The maximum absolute atomic E-state index is 12.2. The normalized spacial score (nSPS) is 14.3. The van der Waals surface area contributed by atoms with Gasteiger partial charge in [0.15, 0.2) is 5.13 Å². The van der Waals surface area contributed by atoms with Crippen molar-refractivity contribution in [3.8, 4) is 0 Å². The number of benzene rings is 2. The molecule has 0 atom stereocenters. The summed E-state index contributed by atoms with van der Waals surface area (Å²) >= 11 is 1.69. The van der Waals surface area contributed by atoms with E-state index in [-0.39, 0.29) is 5.91 Å². The Morgan fingerprint density at radius 2 is 1.62 bits per heavy atom. The number of nitrogens with zero attached hydrogens (tertiary/aromatic N) is 3. The van der Waals surface area contributed by atoms with Crippen LogP contribution in [0.3, 0.4) is 0 Å². The van der Waals surface area contributed by atoms with Crippen molar-refractivity contribution in [2.75, 3.05) is 41.3 Å². The third kappa shape index (κ3) is 3.70. The van der Waals surface area contributed by atoms with E-state index in [0.29, 0.717) is 5.56 Å². The van der Waals surface area contributed by atoms with Crippen LogP contribution in [0.15, 0.2) is 66.2 Å². The zero-order valence-electron chi connectivity index (χ0n) is 14.3. The van der Waals surface area contributed by atoms with E-state index < -0.39 is 0 Å². The molecule has 0 unspecified atom stereocenters. The summed E-state index contributed by atoms with van der Waals surface area (Å²) in [5.41, 5.74) is 2.65. The first kappa shape index (κ1) is 16.6. The number of nitrogens with one attached hydrogen (secondary N) is 1. The Bertz CT molecular complexity index is 841. The fourth-order valence-corrected chi connectivity index (χ4v) is 3.77. The summed E-state index contributed by atoms with van der Waals surface area (Å²) in [5, 5.41) is 6.06. The minimum Gasteiger partial charge on any atom is -0.368 e. The van der Waals surface area contributed by atoms with Gasteiger partial charge in [0.1, 0.15) is 0 Å². The molecule has 0 saturated carbocycles. The summed E-state index contributed by atoms with van der Waals surface area (Å²) in [5.74, 6) is -0.0876. The highest BCUT2D eigenvalue weighted by Gasteiger charge is 2.18. The number of hydrogen-bond acceptors (Lipinski definition) is 5. The molecule has 4 rings (SSSR count). The van der Waals surface area contributed by atoms with Gasteiger partial charge in [0.05, 0.1) is 0 Å². The molecule has 1 aromatic heterocycles. The van der Waals surface area contributed by atoms with Crippen LogP contribution >= 0.6 is 11.3 Å². The number of amides is 1. The Morgan fingerprint density at radius 3 is 2.27 bits per heavy atom. The number of carbonyl (C=O) groups excluding carboxylic acids is 1. The van der Waals surface area contributed by atoms with Crippen LogP contribution in [0, 0.1) is 0 Å². The average Bonchev–Trinajstić information content (AvgIpc) is 3.24. The summed E-state index contributed by atoms with van der Waals surface area (Å²) in [6, 6.07) is 17.3. The van der Waals surface area contributed by atoms with Gasteiger partial charge < -0.3 is 15.1 Å². The van der Waals surface area contributed by atoms with E-state index in [1.54, 1.807) is 11.3 Å². The van der Waals surface area contributed by atoms with E-state index >= 15 is 0 Å². The van der Waals surface area contributed by atoms with Crippen molar-refractivity contribution in [1.29, 1.82) is 0 Å². The Labute approximate surface area is 156 Å². The zero-order valence-corrected chi connectivity index (χ0v) is 15.2. The first-order valence-electron chi connectivity index (χ1n) is 8.65. The van der Waals surface area contributed by atoms with Gasteiger partial charge in [-0.05, 0) is 36.4 Å². The molecule has 6 heteroatoms. The van der Waals surface area contributed by atoms with Gasteiger partial charge >= 0.3 is 0 Å². The number of piperazine rings is 1. The molecule has 0 radical (unpaired) electrons. The summed E-state index contributed by atoms with van der Waals surface area (Å²) in [7, 11) is 0. The molecule has 1 aliphatic rings. The Balaban J connectivity index is 1.35. The van der Waals surface area contributed by atoms with E-state index in [1.807, 2.05) is 54.0 Å². The number of thiazole rings is 1. The highest BCUT2D eigenvalue weighted by atomic mass is 32.1. The van der Waals surface area contributed by atoms with Crippen molar-refractivity contribution in [2.24, 2.45) is 0 Å². The van der Waals surface area contributed by atoms with E-state index in [0.717, 1.165) is 37.0 Å². The lowest BCUT2D eigenvalue weighted by Gasteiger charge is -2.36. The van der Waals surface area contributed by atoms with Crippen LogP contribution in [0.5, 0.6) is 0 Å². The van der Waals surface area contributed by atoms with E-state index in [4.69, 9.17) is 0 Å². The van der Waals surface area contributed by atoms with Gasteiger partial charge in [0.25, 0.3) is 5.91 Å². The first-order valence-corrected chi connectivity index (χ1v) is 9.53. The summed E-state index contributed by atoms with van der Waals surface area (Å²) < 4.78 is 0. The summed E-state index contributed by atoms with van der Waals surface area (Å²) in [6.45, 7) is 3.88. The number of rotatable bonds is 4. The minimum atomic E-state index is -0.0876. The third-order valence-electron chi connectivity index (χ3n) is 4.50. The van der Waals surface area contributed by atoms with Gasteiger partial charge in [-0.2, -0.15) is 0 Å². The summed E-state index contributed by atoms with van der Waals surface area (Å²) in [4.78, 5) is 21.3. The Morgan fingerprint density at radius 1 is 0.923 bits per heavy atom. The molecule has 1 N–H and O–H groups in total. The van der Waals surface area contributed by atoms with E-state index in [2.05, 4.69) is 32.2 Å². The lowest BCUT2D eigenvalue weighted by atomic mass is 10.2. The zero-order chi connectivity index (χ0) is 17.8. The predicted octanol–water partition coefficient (Wildman–Crippen LogP) is 3.72. The quantitative estimate of drug-likeness (QED) is 0.766. The van der Waals surface area contributed by atoms with Gasteiger partial charge in [-0.1, -0.05) is 18.2 Å². The summed E-state index contributed by atoms with van der Waals surface area (Å²) in [6.07, 6.45) is 1.86. The van der Waals surface area contributed by atoms with Gasteiger partial charge in [-0.15, -0.1) is 11.3 Å². The van der Waals surface area contributed by atoms with Crippen LogP contribution < -0.4 is 15.1 Å². The highest BCUT2D eigenvalue weighted by molar-refractivity contribution is 7.13. The molecule has 0 bridgehead atoms. The van der Waals surface area contributed by atoms with Crippen molar-refractivity contribution in [2.45, 2.75) is 0 Å². The molecule has 3 aromatic rings. The molecule has 0 spiro atoms. The lowest BCUT2D eigenvalue weighted by Crippen LogP contribution is -2.46. The van der Waals surface area contributed by atoms with Crippen LogP contribution in [0.1, 0.15) is 10.4 Å². The monoisotopic (exact) mass is 364 g/mol. The maximum atomic E-state index is 12.2. The van der Waals surface area contributed by atoms with Crippen LogP contribution in [0.25, 0.3) is 0 Å². The molecule has 26 heavy (non-hydrogen) atoms. The molecule has 5 nitrogen and oxygen atoms in total. The van der Waals surface area contributed by atoms with Gasteiger partial charge in [0, 0.05) is 54.7 Å². The molecular weight excluding hydrogens is 344 g/mol. The number of hydrogen-bond donors (Lipinski definition) is 1. The number of carbonyl (C=O) groups is 1. The second-order valence-electron chi connectivity index (χ2n) is 6.16. The molecule has 132 valence electrons. The Kier molecular flexibility index (Phi) is 4.84. The molecule has 1 saturated heterocycles. The fourth-order valence-electron chi connectivity index (χ4n) is 3.08. The van der Waals surface area contributed by atoms with Crippen molar-refractivity contribution < 1.29 is 4.79 Å². The number of aromatic nitrogens is 1. The second kappa shape index (κ2) is 7.58. The van der Waals surface area contributed by atoms with Crippen LogP contribution in [0.2, 0.25) is 0 Å². The van der Waals surface area contributed by atoms with E-state index in [1.165, 1.54) is 5.69 Å². The third-order valence-corrected chi connectivity index (χ3v) is 5.33. The predicted molar refractivity (Wildman–Crippen MR) is 107 cm³/mol. The van der Waals surface area contributed by atoms with Crippen molar-refractivity contribution >= 4 is 33.8 Å². The smallest absolute Gasteiger partial charge is 0.255 e. The largest absolute Gasteiger partial charge is 0.368 e. The maximum Gasteiger partial charge on any atom is 0.255 e. The van der Waals surface area contributed by atoms with Crippen molar-refractivity contribution in [3.63, 3.8) is 0 Å². The van der Waals surface area contributed by atoms with Crippen molar-refractivity contribution in [1.82, 2.24) is 4.98 Å². The second-order valence-corrected chi connectivity index (χ2v) is 7.03. The molecular formula is C20H20N4OS. The standard InChI is InChI=1S/C20H20N4OS/c25-19(16-4-2-1-3-5-16)22-17-6-8-18(9-7-17)23-11-13-24(14-12-23)20-21-10-15-26-20/h1-10,15H,11-14H2,(H,22,25). The number of anilines is 3. The Hall–Kier alpha value is -2.86. The molecule has 1 aliphatic heterocycles. The van der Waals surface area contributed by atoms with Gasteiger partial charge in [-0.25, -0.2) is 4.98 Å². The topological polar surface area (TPSA) is 48.5 Å². The van der Waals surface area contributed by atoms with Gasteiger partial charge in [-0.3, -0.25) is 4.79 Å². The molecule has 1 fully saturated rings. The molecule has 2 heterocycles. The fraction of sp³-hybridized carbons (Fsp3) is 0.200. The van der Waals surface area contributed by atoms with Crippen LogP contribution in [0.4, 0.5) is 16.5 Å². The SMILES string of the molecule is O=C(Nc1ccc(N2CCN(c3nccs3)CC2)cc1)c1ccccc1. The van der Waals surface area contributed by atoms with Crippen LogP contribution in [-0.2, 0) is 0 Å². The molecule has 1 amide bonds. The highest BCUT2D eigenvalue weighted by Crippen LogP contribution is 2.23. The van der Waals surface area contributed by atoms with Crippen molar-refractivity contribution in [3.05, 3.63) is 71.7 Å².